The molecule has 3 aromatic carbocycles. The Morgan fingerprint density at radius 2 is 1.84 bits per heavy atom. The van der Waals surface area contributed by atoms with E-state index in [9.17, 15) is 22.8 Å². The van der Waals surface area contributed by atoms with Crippen LogP contribution < -0.4 is 4.74 Å². The lowest BCUT2D eigenvalue weighted by molar-refractivity contribution is -0.140. The summed E-state index contributed by atoms with van der Waals surface area (Å²) in [7, 11) is 2.74. The topological polar surface area (TPSA) is 65.1 Å². The Labute approximate surface area is 211 Å². The number of ether oxygens (including phenoxy) is 3. The molecule has 9 heteroatoms. The molecule has 5 rings (SSSR count). The molecule has 2 aliphatic rings. The van der Waals surface area contributed by atoms with Crippen LogP contribution >= 0.6 is 0 Å². The average Bonchev–Trinajstić information content (AvgIpc) is 3.38. The molecule has 0 unspecified atom stereocenters. The number of nitrogens with zero attached hydrogens (tertiary/aromatic N) is 1. The summed E-state index contributed by atoms with van der Waals surface area (Å²) < 4.78 is 57.0. The largest absolute Gasteiger partial charge is 0.496 e. The first kappa shape index (κ1) is 24.7. The predicted octanol–water partition coefficient (Wildman–Crippen LogP) is 5.71. The maximum atomic E-state index is 13.7. The predicted molar refractivity (Wildman–Crippen MR) is 128 cm³/mol. The number of rotatable bonds is 6. The molecule has 37 heavy (non-hydrogen) atoms. The summed E-state index contributed by atoms with van der Waals surface area (Å²) in [4.78, 5) is 26.2. The molecule has 1 aliphatic heterocycles. The molecule has 0 N–H and O–H groups in total. The van der Waals surface area contributed by atoms with Gasteiger partial charge in [-0.25, -0.2) is 4.79 Å². The number of fused-ring (bicyclic) bond motifs is 3. The van der Waals surface area contributed by atoms with Crippen LogP contribution in [0.4, 0.5) is 18.0 Å². The van der Waals surface area contributed by atoms with E-state index in [2.05, 4.69) is 0 Å². The van der Waals surface area contributed by atoms with E-state index >= 15 is 0 Å². The normalized spacial score (nSPS) is 18.3. The highest BCUT2D eigenvalue weighted by Gasteiger charge is 2.47. The number of alkyl halides is 3. The maximum Gasteiger partial charge on any atom is 0.416 e. The Hall–Kier alpha value is -4.01. The molecular weight excluding hydrogens is 487 g/mol. The van der Waals surface area contributed by atoms with Crippen LogP contribution in [0.2, 0.25) is 0 Å². The minimum absolute atomic E-state index is 0.0115. The number of hydrogen-bond acceptors (Lipinski definition) is 5. The van der Waals surface area contributed by atoms with Gasteiger partial charge in [-0.1, -0.05) is 36.4 Å². The summed E-state index contributed by atoms with van der Waals surface area (Å²) >= 11 is 0. The second-order valence-electron chi connectivity index (χ2n) is 9.06. The molecule has 0 bridgehead atoms. The second kappa shape index (κ2) is 9.46. The lowest BCUT2D eigenvalue weighted by atomic mass is 9.94. The van der Waals surface area contributed by atoms with Crippen molar-refractivity contribution >= 4 is 12.1 Å². The second-order valence-corrected chi connectivity index (χ2v) is 9.06. The molecule has 1 saturated heterocycles. The zero-order chi connectivity index (χ0) is 26.3. The molecule has 0 saturated carbocycles. The van der Waals surface area contributed by atoms with Crippen molar-refractivity contribution < 1.29 is 37.0 Å². The number of amides is 1. The third-order valence-corrected chi connectivity index (χ3v) is 6.87. The molecule has 6 nitrogen and oxygen atoms in total. The first-order valence-corrected chi connectivity index (χ1v) is 11.7. The number of benzene rings is 3. The first-order chi connectivity index (χ1) is 17.7. The van der Waals surface area contributed by atoms with Gasteiger partial charge >= 0.3 is 18.2 Å². The molecule has 0 radical (unpaired) electrons. The van der Waals surface area contributed by atoms with Crippen LogP contribution in [0.5, 0.6) is 5.75 Å². The third kappa shape index (κ3) is 4.61. The lowest BCUT2D eigenvalue weighted by Gasteiger charge is -2.24. The maximum absolute atomic E-state index is 13.7. The lowest BCUT2D eigenvalue weighted by Crippen LogP contribution is -2.28. The van der Waals surface area contributed by atoms with Crippen molar-refractivity contribution in [2.45, 2.75) is 37.7 Å². The monoisotopic (exact) mass is 511 g/mol. The van der Waals surface area contributed by atoms with Crippen molar-refractivity contribution in [3.63, 3.8) is 0 Å². The van der Waals surface area contributed by atoms with Gasteiger partial charge in [0.25, 0.3) is 0 Å². The van der Waals surface area contributed by atoms with Gasteiger partial charge in [0.15, 0.2) is 0 Å². The molecule has 1 aliphatic carbocycles. The van der Waals surface area contributed by atoms with Gasteiger partial charge in [0.2, 0.25) is 0 Å². The summed E-state index contributed by atoms with van der Waals surface area (Å²) in [5, 5.41) is 0. The van der Waals surface area contributed by atoms with Gasteiger partial charge in [0.05, 0.1) is 38.8 Å². The highest BCUT2D eigenvalue weighted by Crippen LogP contribution is 2.45. The summed E-state index contributed by atoms with van der Waals surface area (Å²) in [6.07, 6.45) is -4.99. The van der Waals surface area contributed by atoms with Gasteiger partial charge in [0, 0.05) is 12.0 Å². The Balaban J connectivity index is 1.60. The summed E-state index contributed by atoms with van der Waals surface area (Å²) in [6, 6.07) is 15.7. The third-order valence-electron chi connectivity index (χ3n) is 6.87. The SMILES string of the molecule is COC(=O)Cc1ccc(OC)c(-c2ccc(C(F)(F)F)cc2CN2C(=O)O[C@H]3Cc4ccccc4[C@H]32)c1. The molecule has 192 valence electrons. The fourth-order valence-electron chi connectivity index (χ4n) is 5.15. The Bertz CT molecular complexity index is 1370. The number of halogens is 3. The number of carbonyl (C=O) groups excluding carboxylic acids is 2. The van der Waals surface area contributed by atoms with Crippen molar-refractivity contribution in [2.75, 3.05) is 14.2 Å². The van der Waals surface area contributed by atoms with E-state index in [-0.39, 0.29) is 18.5 Å². The van der Waals surface area contributed by atoms with Crippen LogP contribution in [0, 0.1) is 0 Å². The molecule has 2 atom stereocenters. The first-order valence-electron chi connectivity index (χ1n) is 11.7. The van der Waals surface area contributed by atoms with Crippen molar-refractivity contribution in [1.29, 1.82) is 0 Å². The van der Waals surface area contributed by atoms with Crippen LogP contribution in [0.1, 0.15) is 33.9 Å². The Kier molecular flexibility index (Phi) is 6.31. The molecule has 1 heterocycles. The number of carbonyl (C=O) groups is 2. The fraction of sp³-hybridized carbons (Fsp3) is 0.286. The standard InChI is InChI=1S/C28H24F3NO5/c1-35-23-10-7-16(12-25(33)36-2)11-22(23)20-9-8-19(28(29,30)31)13-18(20)15-32-26-21-6-4-3-5-17(21)14-24(26)37-27(32)34/h3-11,13,24,26H,12,14-15H2,1-2H3/t24-,26+/m0/s1. The minimum Gasteiger partial charge on any atom is -0.496 e. The van der Waals surface area contributed by atoms with Gasteiger partial charge in [-0.05, 0) is 52.1 Å². The Morgan fingerprint density at radius 1 is 1.05 bits per heavy atom. The van der Waals surface area contributed by atoms with Crippen LogP contribution in [0.15, 0.2) is 60.7 Å². The van der Waals surface area contributed by atoms with Crippen LogP contribution in [-0.2, 0) is 39.8 Å². The van der Waals surface area contributed by atoms with Gasteiger partial charge in [-0.15, -0.1) is 0 Å². The van der Waals surface area contributed by atoms with Gasteiger partial charge in [0.1, 0.15) is 11.9 Å². The van der Waals surface area contributed by atoms with Crippen molar-refractivity contribution in [3.8, 4) is 16.9 Å². The molecule has 1 amide bonds. The van der Waals surface area contributed by atoms with Crippen molar-refractivity contribution in [2.24, 2.45) is 0 Å². The van der Waals surface area contributed by atoms with E-state index < -0.39 is 35.9 Å². The summed E-state index contributed by atoms with van der Waals surface area (Å²) in [5.74, 6) is -0.0303. The average molecular weight is 511 g/mol. The summed E-state index contributed by atoms with van der Waals surface area (Å²) in [5.41, 5.74) is 3.01. The van der Waals surface area contributed by atoms with Gasteiger partial charge in [-0.2, -0.15) is 13.2 Å². The smallest absolute Gasteiger partial charge is 0.416 e. The van der Waals surface area contributed by atoms with E-state index in [4.69, 9.17) is 14.2 Å². The highest BCUT2D eigenvalue weighted by molar-refractivity contribution is 5.78. The molecule has 3 aromatic rings. The van der Waals surface area contributed by atoms with E-state index in [1.807, 2.05) is 24.3 Å². The number of methoxy groups -OCH3 is 2. The quantitative estimate of drug-likeness (QED) is 0.397. The van der Waals surface area contributed by atoms with E-state index in [0.29, 0.717) is 28.9 Å². The summed E-state index contributed by atoms with van der Waals surface area (Å²) in [6.45, 7) is -0.0992. The fourth-order valence-corrected chi connectivity index (χ4v) is 5.15. The van der Waals surface area contributed by atoms with E-state index in [1.165, 1.54) is 25.2 Å². The van der Waals surface area contributed by atoms with Crippen LogP contribution in [0.25, 0.3) is 11.1 Å². The van der Waals surface area contributed by atoms with E-state index in [0.717, 1.165) is 23.3 Å². The highest BCUT2D eigenvalue weighted by atomic mass is 19.4. The van der Waals surface area contributed by atoms with E-state index in [1.54, 1.807) is 18.2 Å². The molecular formula is C28H24F3NO5. The zero-order valence-electron chi connectivity index (χ0n) is 20.2. The molecule has 1 fully saturated rings. The van der Waals surface area contributed by atoms with Crippen molar-refractivity contribution in [3.05, 3.63) is 88.5 Å². The minimum atomic E-state index is -4.57. The molecule has 0 spiro atoms. The zero-order valence-corrected chi connectivity index (χ0v) is 20.2. The van der Waals surface area contributed by atoms with Crippen LogP contribution in [0.3, 0.4) is 0 Å². The number of hydrogen-bond donors (Lipinski definition) is 0. The number of esters is 1. The van der Waals surface area contributed by atoms with Crippen molar-refractivity contribution in [1.82, 2.24) is 4.90 Å². The Morgan fingerprint density at radius 3 is 2.57 bits per heavy atom. The van der Waals surface area contributed by atoms with Crippen LogP contribution in [-0.4, -0.2) is 37.3 Å². The van der Waals surface area contributed by atoms with Gasteiger partial charge < -0.3 is 14.2 Å². The van der Waals surface area contributed by atoms with Gasteiger partial charge in [-0.3, -0.25) is 9.69 Å². The molecule has 0 aromatic heterocycles.